The van der Waals surface area contributed by atoms with E-state index in [1.807, 2.05) is 43.4 Å². The molecule has 2 atom stereocenters. The topological polar surface area (TPSA) is 140 Å². The van der Waals surface area contributed by atoms with Crippen LogP contribution in [0.2, 0.25) is 0 Å². The van der Waals surface area contributed by atoms with Crippen LogP contribution in [-0.4, -0.2) is 52.3 Å². The van der Waals surface area contributed by atoms with Crippen molar-refractivity contribution in [3.63, 3.8) is 0 Å². The average Bonchev–Trinajstić information content (AvgIpc) is 3.13. The SMILES string of the molecule is CCCCCCCC/C=C\C/C=C\C/C=C\CCCC(=O)O[C@H](COC(=O)CCC/C=C\C/C=C\C/C=C\C/C=C\C=C\[C@@H](O)CC)COP(=O)(O)O. The summed E-state index contributed by atoms with van der Waals surface area (Å²) < 4.78 is 26.2. The van der Waals surface area contributed by atoms with Crippen LogP contribution in [0, 0.1) is 0 Å². The Balaban J connectivity index is 4.18. The first-order valence-electron chi connectivity index (χ1n) is 19.6. The molecule has 10 heteroatoms. The maximum atomic E-state index is 12.4. The highest BCUT2D eigenvalue weighted by Gasteiger charge is 2.22. The van der Waals surface area contributed by atoms with E-state index >= 15 is 0 Å². The molecule has 0 aromatic rings. The summed E-state index contributed by atoms with van der Waals surface area (Å²) in [5.41, 5.74) is 0. The molecule has 0 aromatic carbocycles. The van der Waals surface area contributed by atoms with Crippen LogP contribution in [0.15, 0.2) is 97.2 Å². The molecule has 0 radical (unpaired) electrons. The molecule has 0 saturated carbocycles. The summed E-state index contributed by atoms with van der Waals surface area (Å²) in [5.74, 6) is -1.04. The second-order valence-electron chi connectivity index (χ2n) is 12.7. The number of carbonyl (C=O) groups is 2. The summed E-state index contributed by atoms with van der Waals surface area (Å²) in [5, 5.41) is 9.45. The molecule has 0 saturated heterocycles. The first-order valence-corrected chi connectivity index (χ1v) is 21.2. The van der Waals surface area contributed by atoms with Gasteiger partial charge in [0.1, 0.15) is 6.61 Å². The third-order valence-electron chi connectivity index (χ3n) is 7.74. The number of rotatable bonds is 34. The third-order valence-corrected chi connectivity index (χ3v) is 8.23. The summed E-state index contributed by atoms with van der Waals surface area (Å²) in [6.45, 7) is 3.23. The van der Waals surface area contributed by atoms with Crippen LogP contribution >= 0.6 is 7.82 Å². The van der Waals surface area contributed by atoms with Gasteiger partial charge in [-0.25, -0.2) is 4.57 Å². The Morgan fingerprint density at radius 1 is 0.585 bits per heavy atom. The molecule has 0 bridgehead atoms. The van der Waals surface area contributed by atoms with Gasteiger partial charge in [-0.05, 0) is 77.0 Å². The zero-order valence-electron chi connectivity index (χ0n) is 32.5. The van der Waals surface area contributed by atoms with E-state index in [9.17, 15) is 19.3 Å². The maximum absolute atomic E-state index is 12.4. The standard InChI is InChI=1S/C43H69O9P/c1-3-5-6-7-8-9-10-11-12-13-14-19-22-25-28-31-34-37-43(46)52-41(39-51-53(47,48)49)38-50-42(45)36-33-30-27-24-21-18-16-15-17-20-23-26-29-32-35-40(44)4-2/h11-12,14,16-20,24-29,32,35,40-41,44H,3-10,13,15,21-23,30-31,33-34,36-39H2,1-2H3,(H2,47,48,49)/b12-11-,18-16-,19-14-,20-17-,27-24-,28-25-,29-26-,35-32+/t40-,41+/m0/s1. The Hall–Kier alpha value is -3.07. The van der Waals surface area contributed by atoms with Crippen molar-refractivity contribution in [1.82, 2.24) is 0 Å². The molecular formula is C43H69O9P. The highest BCUT2D eigenvalue weighted by molar-refractivity contribution is 7.46. The Kier molecular flexibility index (Phi) is 35.1. The molecule has 9 nitrogen and oxygen atoms in total. The molecular weight excluding hydrogens is 691 g/mol. The molecule has 0 spiro atoms. The van der Waals surface area contributed by atoms with Crippen molar-refractivity contribution >= 4 is 19.8 Å². The van der Waals surface area contributed by atoms with Crippen LogP contribution in [0.1, 0.15) is 136 Å². The molecule has 0 aliphatic heterocycles. The maximum Gasteiger partial charge on any atom is 0.469 e. The molecule has 0 aromatic heterocycles. The highest BCUT2D eigenvalue weighted by Crippen LogP contribution is 2.35. The van der Waals surface area contributed by atoms with Gasteiger partial charge in [0.2, 0.25) is 0 Å². The smallest absolute Gasteiger partial charge is 0.462 e. The van der Waals surface area contributed by atoms with Crippen molar-refractivity contribution in [3.8, 4) is 0 Å². The Morgan fingerprint density at radius 2 is 1.06 bits per heavy atom. The van der Waals surface area contributed by atoms with E-state index < -0.39 is 32.5 Å². The zero-order chi connectivity index (χ0) is 39.1. The normalized spacial score (nSPS) is 14.1. The zero-order valence-corrected chi connectivity index (χ0v) is 33.4. The molecule has 0 rings (SSSR count). The molecule has 0 heterocycles. The van der Waals surface area contributed by atoms with Crippen LogP contribution < -0.4 is 0 Å². The van der Waals surface area contributed by atoms with Crippen LogP contribution in [0.4, 0.5) is 0 Å². The van der Waals surface area contributed by atoms with E-state index in [2.05, 4.69) is 66.1 Å². The molecule has 0 aliphatic rings. The average molecular weight is 761 g/mol. The summed E-state index contributed by atoms with van der Waals surface area (Å²) >= 11 is 0. The summed E-state index contributed by atoms with van der Waals surface area (Å²) in [6, 6.07) is 0. The van der Waals surface area contributed by atoms with Crippen LogP contribution in [0.3, 0.4) is 0 Å². The molecule has 3 N–H and O–H groups in total. The minimum atomic E-state index is -4.79. The Bertz CT molecular complexity index is 1190. The van der Waals surface area contributed by atoms with Crippen LogP contribution in [-0.2, 0) is 28.2 Å². The molecule has 53 heavy (non-hydrogen) atoms. The fourth-order valence-electron chi connectivity index (χ4n) is 4.67. The largest absolute Gasteiger partial charge is 0.469 e. The summed E-state index contributed by atoms with van der Waals surface area (Å²) in [4.78, 5) is 42.7. The number of unbranched alkanes of at least 4 members (excludes halogenated alkanes) is 8. The van der Waals surface area contributed by atoms with E-state index in [1.165, 1.54) is 38.5 Å². The van der Waals surface area contributed by atoms with E-state index in [4.69, 9.17) is 19.3 Å². The van der Waals surface area contributed by atoms with Crippen molar-refractivity contribution in [3.05, 3.63) is 97.2 Å². The summed E-state index contributed by atoms with van der Waals surface area (Å²) in [7, 11) is -4.79. The van der Waals surface area contributed by atoms with Crippen LogP contribution in [0.25, 0.3) is 0 Å². The van der Waals surface area contributed by atoms with Crippen molar-refractivity contribution in [2.75, 3.05) is 13.2 Å². The fraction of sp³-hybridized carbons (Fsp3) is 0.581. The van der Waals surface area contributed by atoms with E-state index in [0.29, 0.717) is 32.1 Å². The number of aliphatic hydroxyl groups is 1. The molecule has 0 fully saturated rings. The first-order chi connectivity index (χ1) is 25.7. The predicted molar refractivity (Wildman–Crippen MR) is 217 cm³/mol. The first kappa shape index (κ1) is 49.9. The van der Waals surface area contributed by atoms with Gasteiger partial charge in [-0.1, -0.05) is 143 Å². The molecule has 0 aliphatic carbocycles. The number of phosphoric acid groups is 1. The van der Waals surface area contributed by atoms with Gasteiger partial charge in [0.25, 0.3) is 0 Å². The van der Waals surface area contributed by atoms with Crippen molar-refractivity contribution < 1.29 is 43.0 Å². The monoisotopic (exact) mass is 760 g/mol. The van der Waals surface area contributed by atoms with Gasteiger partial charge in [-0.2, -0.15) is 0 Å². The minimum absolute atomic E-state index is 0.115. The number of phosphoric ester groups is 1. The fourth-order valence-corrected chi connectivity index (χ4v) is 5.03. The van der Waals surface area contributed by atoms with Crippen molar-refractivity contribution in [2.45, 2.75) is 148 Å². The lowest BCUT2D eigenvalue weighted by Gasteiger charge is -2.18. The number of hydrogen-bond acceptors (Lipinski definition) is 7. The van der Waals surface area contributed by atoms with E-state index in [1.54, 1.807) is 6.08 Å². The lowest BCUT2D eigenvalue weighted by molar-refractivity contribution is -0.161. The number of hydrogen-bond donors (Lipinski definition) is 3. The number of ether oxygens (including phenoxy) is 2. The quantitative estimate of drug-likeness (QED) is 0.0192. The van der Waals surface area contributed by atoms with Gasteiger partial charge < -0.3 is 24.4 Å². The van der Waals surface area contributed by atoms with Crippen molar-refractivity contribution in [1.29, 1.82) is 0 Å². The lowest BCUT2D eigenvalue weighted by atomic mass is 10.1. The van der Waals surface area contributed by atoms with Crippen molar-refractivity contribution in [2.24, 2.45) is 0 Å². The van der Waals surface area contributed by atoms with Gasteiger partial charge in [0, 0.05) is 12.8 Å². The Morgan fingerprint density at radius 3 is 1.58 bits per heavy atom. The van der Waals surface area contributed by atoms with Gasteiger partial charge in [-0.15, -0.1) is 0 Å². The highest BCUT2D eigenvalue weighted by atomic mass is 31.2. The second-order valence-corrected chi connectivity index (χ2v) is 14.0. The van der Waals surface area contributed by atoms with Gasteiger partial charge in [0.15, 0.2) is 6.10 Å². The van der Waals surface area contributed by atoms with Gasteiger partial charge in [0.05, 0.1) is 12.7 Å². The molecule has 0 amide bonds. The summed E-state index contributed by atoms with van der Waals surface area (Å²) in [6.07, 6.45) is 48.0. The number of allylic oxidation sites excluding steroid dienone is 15. The third kappa shape index (κ3) is 40.0. The number of esters is 2. The van der Waals surface area contributed by atoms with Gasteiger partial charge >= 0.3 is 19.8 Å². The van der Waals surface area contributed by atoms with Gasteiger partial charge in [-0.3, -0.25) is 14.1 Å². The second kappa shape index (κ2) is 37.3. The number of aliphatic hydroxyl groups excluding tert-OH is 1. The van der Waals surface area contributed by atoms with Crippen LogP contribution in [0.5, 0.6) is 0 Å². The molecule has 300 valence electrons. The minimum Gasteiger partial charge on any atom is -0.462 e. The molecule has 0 unspecified atom stereocenters. The number of carbonyl (C=O) groups excluding carboxylic acids is 2. The van der Waals surface area contributed by atoms with E-state index in [-0.39, 0.29) is 25.6 Å². The lowest BCUT2D eigenvalue weighted by Crippen LogP contribution is -2.29. The van der Waals surface area contributed by atoms with E-state index in [0.717, 1.165) is 38.5 Å². The Labute approximate surface area is 320 Å². The predicted octanol–water partition coefficient (Wildman–Crippen LogP) is 10.8.